The normalized spacial score (nSPS) is 16.1. The number of nitrogens with zero attached hydrogens (tertiary/aromatic N) is 3. The van der Waals surface area contributed by atoms with Crippen LogP contribution in [0.2, 0.25) is 5.02 Å². The molecule has 1 aliphatic rings. The summed E-state index contributed by atoms with van der Waals surface area (Å²) in [6.45, 7) is 0. The van der Waals surface area contributed by atoms with Gasteiger partial charge in [0, 0.05) is 16.7 Å². The molecule has 0 radical (unpaired) electrons. The van der Waals surface area contributed by atoms with E-state index in [4.69, 9.17) is 26.4 Å². The van der Waals surface area contributed by atoms with Crippen molar-refractivity contribution in [3.05, 3.63) is 41.2 Å². The van der Waals surface area contributed by atoms with Crippen LogP contribution in [0.15, 0.2) is 39.4 Å². The van der Waals surface area contributed by atoms with Crippen molar-refractivity contribution in [3.63, 3.8) is 0 Å². The molecule has 2 aromatic heterocycles. The molecule has 24 heavy (non-hydrogen) atoms. The third-order valence-corrected chi connectivity index (χ3v) is 4.44. The van der Waals surface area contributed by atoms with E-state index >= 15 is 0 Å². The molecule has 126 valence electrons. The van der Waals surface area contributed by atoms with Crippen molar-refractivity contribution in [3.8, 4) is 22.9 Å². The molecule has 0 aliphatic heterocycles. The molecule has 0 amide bonds. The van der Waals surface area contributed by atoms with Gasteiger partial charge in [-0.15, -0.1) is 12.4 Å². The van der Waals surface area contributed by atoms with Gasteiger partial charge in [-0.2, -0.15) is 4.98 Å². The van der Waals surface area contributed by atoms with Crippen LogP contribution in [0.25, 0.3) is 22.9 Å². The monoisotopic (exact) mass is 366 g/mol. The van der Waals surface area contributed by atoms with Gasteiger partial charge >= 0.3 is 0 Å². The zero-order chi connectivity index (χ0) is 15.9. The van der Waals surface area contributed by atoms with Gasteiger partial charge in [-0.05, 0) is 25.0 Å². The van der Waals surface area contributed by atoms with Crippen LogP contribution in [0, 0.1) is 0 Å². The summed E-state index contributed by atoms with van der Waals surface area (Å²) >= 11 is 6.00. The van der Waals surface area contributed by atoms with Gasteiger partial charge in [0.2, 0.25) is 5.76 Å². The van der Waals surface area contributed by atoms with Crippen LogP contribution in [0.1, 0.15) is 31.5 Å². The first-order valence-corrected chi connectivity index (χ1v) is 7.88. The molecule has 0 bridgehead atoms. The van der Waals surface area contributed by atoms with Crippen molar-refractivity contribution < 1.29 is 9.05 Å². The quantitative estimate of drug-likeness (QED) is 0.746. The lowest BCUT2D eigenvalue weighted by Crippen LogP contribution is -2.34. The molecule has 2 N–H and O–H groups in total. The Morgan fingerprint density at radius 1 is 1.08 bits per heavy atom. The summed E-state index contributed by atoms with van der Waals surface area (Å²) in [5.41, 5.74) is 7.37. The maximum Gasteiger partial charge on any atom is 0.296 e. The molecule has 0 unspecified atom stereocenters. The van der Waals surface area contributed by atoms with Gasteiger partial charge in [-0.25, -0.2) is 0 Å². The van der Waals surface area contributed by atoms with Gasteiger partial charge < -0.3 is 14.8 Å². The van der Waals surface area contributed by atoms with Gasteiger partial charge in [0.1, 0.15) is 5.69 Å². The molecule has 1 saturated carbocycles. The van der Waals surface area contributed by atoms with Crippen LogP contribution in [0.3, 0.4) is 0 Å². The zero-order valence-corrected chi connectivity index (χ0v) is 14.3. The van der Waals surface area contributed by atoms with E-state index in [9.17, 15) is 0 Å². The number of hydrogen-bond acceptors (Lipinski definition) is 6. The highest BCUT2D eigenvalue weighted by molar-refractivity contribution is 6.30. The summed E-state index contributed by atoms with van der Waals surface area (Å²) in [5.74, 6) is 1.24. The van der Waals surface area contributed by atoms with Gasteiger partial charge in [0.25, 0.3) is 5.89 Å². The van der Waals surface area contributed by atoms with Crippen LogP contribution in [-0.2, 0) is 5.54 Å². The molecular weight excluding hydrogens is 351 g/mol. The van der Waals surface area contributed by atoms with E-state index in [1.54, 1.807) is 12.1 Å². The minimum atomic E-state index is -0.489. The fourth-order valence-electron chi connectivity index (χ4n) is 2.92. The highest BCUT2D eigenvalue weighted by atomic mass is 35.5. The molecule has 6 nitrogen and oxygen atoms in total. The van der Waals surface area contributed by atoms with Gasteiger partial charge in [-0.3, -0.25) is 0 Å². The number of nitrogens with two attached hydrogens (primary N) is 1. The number of aromatic nitrogens is 3. The topological polar surface area (TPSA) is 91.0 Å². The highest BCUT2D eigenvalue weighted by Crippen LogP contribution is 2.35. The van der Waals surface area contributed by atoms with Gasteiger partial charge in [0.05, 0.1) is 5.54 Å². The number of hydrogen-bond donors (Lipinski definition) is 1. The smallest absolute Gasteiger partial charge is 0.296 e. The Balaban J connectivity index is 0.00000169. The molecular formula is C16H16Cl2N4O2. The molecule has 0 saturated heterocycles. The summed E-state index contributed by atoms with van der Waals surface area (Å²) < 4.78 is 10.6. The first kappa shape index (κ1) is 17.0. The highest BCUT2D eigenvalue weighted by Gasteiger charge is 2.36. The van der Waals surface area contributed by atoms with E-state index < -0.39 is 5.54 Å². The van der Waals surface area contributed by atoms with Crippen molar-refractivity contribution >= 4 is 24.0 Å². The van der Waals surface area contributed by atoms with E-state index in [0.717, 1.165) is 31.2 Å². The van der Waals surface area contributed by atoms with Gasteiger partial charge in [-0.1, -0.05) is 46.9 Å². The standard InChI is InChI=1S/C16H15ClN4O2.ClH/c17-11-5-3-4-10(8-11)12-9-13(22-20-12)14-19-15(21-23-14)16(18)6-1-2-7-16;/h3-5,8-9H,1-2,6-7,18H2;1H. The maximum atomic E-state index is 6.34. The predicted molar refractivity (Wildman–Crippen MR) is 91.8 cm³/mol. The average Bonchev–Trinajstić information content (AvgIpc) is 3.27. The van der Waals surface area contributed by atoms with Gasteiger partial charge in [0.15, 0.2) is 5.82 Å². The third-order valence-electron chi connectivity index (χ3n) is 4.21. The van der Waals surface area contributed by atoms with E-state index in [2.05, 4.69) is 15.3 Å². The third kappa shape index (κ3) is 3.05. The Morgan fingerprint density at radius 2 is 1.88 bits per heavy atom. The lowest BCUT2D eigenvalue weighted by atomic mass is 9.99. The molecule has 3 aromatic rings. The average molecular weight is 367 g/mol. The summed E-state index contributed by atoms with van der Waals surface area (Å²) in [4.78, 5) is 4.40. The molecule has 0 spiro atoms. The molecule has 1 aromatic carbocycles. The van der Waals surface area contributed by atoms with Crippen LogP contribution >= 0.6 is 24.0 Å². The summed E-state index contributed by atoms with van der Waals surface area (Å²) in [7, 11) is 0. The molecule has 1 fully saturated rings. The SMILES string of the molecule is Cl.NC1(c2noc(-c3cc(-c4cccc(Cl)c4)no3)n2)CCCC1. The van der Waals surface area contributed by atoms with E-state index in [1.165, 1.54) is 0 Å². The Hall–Kier alpha value is -1.89. The second-order valence-electron chi connectivity index (χ2n) is 5.87. The summed E-state index contributed by atoms with van der Waals surface area (Å²) in [5, 5.41) is 8.70. The number of halogens is 2. The largest absolute Gasteiger partial charge is 0.350 e. The van der Waals surface area contributed by atoms with E-state index in [-0.39, 0.29) is 18.3 Å². The van der Waals surface area contributed by atoms with Crippen molar-refractivity contribution in [2.24, 2.45) is 5.73 Å². The molecule has 2 heterocycles. The first-order chi connectivity index (χ1) is 11.1. The Morgan fingerprint density at radius 3 is 2.62 bits per heavy atom. The fraction of sp³-hybridized carbons (Fsp3) is 0.312. The maximum absolute atomic E-state index is 6.34. The van der Waals surface area contributed by atoms with Crippen LogP contribution in [0.5, 0.6) is 0 Å². The van der Waals surface area contributed by atoms with E-state index in [0.29, 0.717) is 22.3 Å². The van der Waals surface area contributed by atoms with E-state index in [1.807, 2.05) is 18.2 Å². The lowest BCUT2D eigenvalue weighted by Gasteiger charge is -2.17. The summed E-state index contributed by atoms with van der Waals surface area (Å²) in [6, 6.07) is 9.13. The van der Waals surface area contributed by atoms with Crippen molar-refractivity contribution in [1.82, 2.24) is 15.3 Å². The zero-order valence-electron chi connectivity index (χ0n) is 12.7. The van der Waals surface area contributed by atoms with Crippen molar-refractivity contribution in [1.29, 1.82) is 0 Å². The first-order valence-electron chi connectivity index (χ1n) is 7.50. The van der Waals surface area contributed by atoms with Crippen molar-refractivity contribution in [2.45, 2.75) is 31.2 Å². The Kier molecular flexibility index (Phi) is 4.62. The predicted octanol–water partition coefficient (Wildman–Crippen LogP) is 4.19. The second-order valence-corrected chi connectivity index (χ2v) is 6.31. The molecule has 0 atom stereocenters. The van der Waals surface area contributed by atoms with Crippen LogP contribution < -0.4 is 5.73 Å². The Bertz CT molecular complexity index is 840. The minimum Gasteiger partial charge on any atom is -0.350 e. The fourth-order valence-corrected chi connectivity index (χ4v) is 3.11. The summed E-state index contributed by atoms with van der Waals surface area (Å²) in [6.07, 6.45) is 3.91. The van der Waals surface area contributed by atoms with Crippen LogP contribution in [-0.4, -0.2) is 15.3 Å². The van der Waals surface area contributed by atoms with Crippen molar-refractivity contribution in [2.75, 3.05) is 0 Å². The lowest BCUT2D eigenvalue weighted by molar-refractivity contribution is 0.360. The Labute approximate surface area is 149 Å². The minimum absolute atomic E-state index is 0. The second kappa shape index (κ2) is 6.55. The number of rotatable bonds is 3. The molecule has 8 heteroatoms. The number of benzene rings is 1. The van der Waals surface area contributed by atoms with Crippen LogP contribution in [0.4, 0.5) is 0 Å². The molecule has 4 rings (SSSR count). The molecule has 1 aliphatic carbocycles.